The summed E-state index contributed by atoms with van der Waals surface area (Å²) in [5.74, 6) is 0.120. The zero-order valence-corrected chi connectivity index (χ0v) is 12.0. The highest BCUT2D eigenvalue weighted by atomic mass is 79.9. The molecule has 4 N–H and O–H groups in total. The van der Waals surface area contributed by atoms with E-state index in [1.807, 2.05) is 12.1 Å². The van der Waals surface area contributed by atoms with Crippen molar-refractivity contribution < 1.29 is 4.79 Å². The molecular weight excluding hydrogens is 294 g/mol. The molecule has 1 saturated heterocycles. The van der Waals surface area contributed by atoms with Gasteiger partial charge in [0, 0.05) is 23.6 Å². The number of hydrogen-bond donors (Lipinski definition) is 2. The van der Waals surface area contributed by atoms with Crippen molar-refractivity contribution in [2.24, 2.45) is 17.4 Å². The smallest absolute Gasteiger partial charge is 0.250 e. The first-order valence-corrected chi connectivity index (χ1v) is 6.88. The van der Waals surface area contributed by atoms with Crippen LogP contribution in [0.25, 0.3) is 0 Å². The van der Waals surface area contributed by atoms with Gasteiger partial charge in [0.05, 0.1) is 11.3 Å². The van der Waals surface area contributed by atoms with E-state index in [1.54, 1.807) is 6.07 Å². The second kappa shape index (κ2) is 5.28. The fourth-order valence-corrected chi connectivity index (χ4v) is 2.64. The highest BCUT2D eigenvalue weighted by Crippen LogP contribution is 2.28. The first-order valence-electron chi connectivity index (χ1n) is 6.09. The van der Waals surface area contributed by atoms with Gasteiger partial charge in [-0.15, -0.1) is 0 Å². The third-order valence-corrected chi connectivity index (χ3v) is 4.08. The molecule has 2 atom stereocenters. The second-order valence-electron chi connectivity index (χ2n) is 4.90. The quantitative estimate of drug-likeness (QED) is 0.873. The van der Waals surface area contributed by atoms with Gasteiger partial charge >= 0.3 is 0 Å². The average molecular weight is 312 g/mol. The third-order valence-electron chi connectivity index (χ3n) is 3.58. The number of carbonyl (C=O) groups excluding carboxylic acids is 1. The van der Waals surface area contributed by atoms with Gasteiger partial charge in [-0.25, -0.2) is 0 Å². The van der Waals surface area contributed by atoms with Gasteiger partial charge < -0.3 is 16.4 Å². The summed E-state index contributed by atoms with van der Waals surface area (Å²) < 4.78 is 0.940. The van der Waals surface area contributed by atoms with Gasteiger partial charge in [-0.3, -0.25) is 4.79 Å². The number of nitrogens with two attached hydrogens (primary N) is 2. The van der Waals surface area contributed by atoms with Gasteiger partial charge in [-0.05, 0) is 30.5 Å². The Morgan fingerprint density at radius 1 is 1.50 bits per heavy atom. The Kier molecular flexibility index (Phi) is 3.92. The lowest BCUT2D eigenvalue weighted by molar-refractivity contribution is 0.100. The van der Waals surface area contributed by atoms with Gasteiger partial charge in [0.2, 0.25) is 0 Å². The summed E-state index contributed by atoms with van der Waals surface area (Å²) in [6, 6.07) is 5.66. The van der Waals surface area contributed by atoms with Gasteiger partial charge in [0.25, 0.3) is 5.91 Å². The van der Waals surface area contributed by atoms with Crippen molar-refractivity contribution >= 4 is 27.5 Å². The SMILES string of the molecule is CC1CCN(c2cc(Br)ccc2C(N)=O)CC1N. The van der Waals surface area contributed by atoms with E-state index in [0.29, 0.717) is 11.5 Å². The molecule has 2 unspecified atom stereocenters. The molecule has 18 heavy (non-hydrogen) atoms. The van der Waals surface area contributed by atoms with Crippen LogP contribution in [0, 0.1) is 5.92 Å². The Morgan fingerprint density at radius 3 is 2.83 bits per heavy atom. The maximum absolute atomic E-state index is 11.5. The average Bonchev–Trinajstić information content (AvgIpc) is 2.32. The predicted molar refractivity (Wildman–Crippen MR) is 76.6 cm³/mol. The Balaban J connectivity index is 2.32. The first kappa shape index (κ1) is 13.4. The molecule has 1 heterocycles. The van der Waals surface area contributed by atoms with Crippen molar-refractivity contribution in [1.29, 1.82) is 0 Å². The Hall–Kier alpha value is -1.07. The number of benzene rings is 1. The third kappa shape index (κ3) is 2.67. The molecule has 1 aliphatic rings. The zero-order valence-electron chi connectivity index (χ0n) is 10.4. The molecular formula is C13H18BrN3O. The molecule has 0 spiro atoms. The van der Waals surface area contributed by atoms with Crippen LogP contribution < -0.4 is 16.4 Å². The van der Waals surface area contributed by atoms with Crippen LogP contribution in [0.3, 0.4) is 0 Å². The Morgan fingerprint density at radius 2 is 2.22 bits per heavy atom. The topological polar surface area (TPSA) is 72.3 Å². The lowest BCUT2D eigenvalue weighted by Crippen LogP contribution is -2.48. The maximum Gasteiger partial charge on any atom is 0.250 e. The van der Waals surface area contributed by atoms with Crippen LogP contribution in [0.1, 0.15) is 23.7 Å². The van der Waals surface area contributed by atoms with Crippen molar-refractivity contribution in [2.45, 2.75) is 19.4 Å². The molecule has 1 amide bonds. The molecule has 0 bridgehead atoms. The van der Waals surface area contributed by atoms with E-state index >= 15 is 0 Å². The van der Waals surface area contributed by atoms with Crippen molar-refractivity contribution in [3.8, 4) is 0 Å². The van der Waals surface area contributed by atoms with Crippen LogP contribution in [0.15, 0.2) is 22.7 Å². The predicted octanol–water partition coefficient (Wildman–Crippen LogP) is 1.72. The number of amides is 1. The number of carbonyl (C=O) groups is 1. The van der Waals surface area contributed by atoms with Crippen LogP contribution in [0.4, 0.5) is 5.69 Å². The van der Waals surface area contributed by atoms with Gasteiger partial charge in [0.15, 0.2) is 0 Å². The maximum atomic E-state index is 11.5. The largest absolute Gasteiger partial charge is 0.369 e. The minimum atomic E-state index is -0.398. The lowest BCUT2D eigenvalue weighted by atomic mass is 9.93. The van der Waals surface area contributed by atoms with E-state index < -0.39 is 5.91 Å². The molecule has 5 heteroatoms. The minimum Gasteiger partial charge on any atom is -0.369 e. The fraction of sp³-hybridized carbons (Fsp3) is 0.462. The van der Waals surface area contributed by atoms with Crippen molar-refractivity contribution in [3.63, 3.8) is 0 Å². The Labute approximate surface area is 115 Å². The normalized spacial score (nSPS) is 24.1. The van der Waals surface area contributed by atoms with E-state index in [9.17, 15) is 4.79 Å². The van der Waals surface area contributed by atoms with Gasteiger partial charge in [-0.1, -0.05) is 22.9 Å². The van der Waals surface area contributed by atoms with E-state index in [2.05, 4.69) is 27.8 Å². The molecule has 2 rings (SSSR count). The van der Waals surface area contributed by atoms with Crippen LogP contribution >= 0.6 is 15.9 Å². The molecule has 1 aromatic rings. The number of halogens is 1. The summed E-state index contributed by atoms with van der Waals surface area (Å²) >= 11 is 3.43. The van der Waals surface area contributed by atoms with Crippen molar-refractivity contribution in [1.82, 2.24) is 0 Å². The minimum absolute atomic E-state index is 0.137. The molecule has 1 aliphatic heterocycles. The Bertz CT molecular complexity index is 464. The standard InChI is InChI=1S/C13H18BrN3O/c1-8-4-5-17(7-11(8)15)12-6-9(14)2-3-10(12)13(16)18/h2-3,6,8,11H,4-5,7,15H2,1H3,(H2,16,18). The second-order valence-corrected chi connectivity index (χ2v) is 5.82. The van der Waals surface area contributed by atoms with Crippen molar-refractivity contribution in [3.05, 3.63) is 28.2 Å². The van der Waals surface area contributed by atoms with Crippen LogP contribution in [-0.2, 0) is 0 Å². The molecule has 0 aromatic heterocycles. The monoisotopic (exact) mass is 311 g/mol. The molecule has 0 aliphatic carbocycles. The zero-order chi connectivity index (χ0) is 13.3. The van der Waals surface area contributed by atoms with E-state index in [4.69, 9.17) is 11.5 Å². The van der Waals surface area contributed by atoms with Gasteiger partial charge in [-0.2, -0.15) is 0 Å². The first-order chi connectivity index (χ1) is 8.49. The molecule has 0 saturated carbocycles. The summed E-state index contributed by atoms with van der Waals surface area (Å²) in [6.07, 6.45) is 1.03. The lowest BCUT2D eigenvalue weighted by Gasteiger charge is -2.37. The number of piperidine rings is 1. The van der Waals surface area contributed by atoms with E-state index in [-0.39, 0.29) is 6.04 Å². The summed E-state index contributed by atoms with van der Waals surface area (Å²) in [4.78, 5) is 13.6. The molecule has 0 radical (unpaired) electrons. The van der Waals surface area contributed by atoms with Crippen LogP contribution in [0.5, 0.6) is 0 Å². The fourth-order valence-electron chi connectivity index (χ4n) is 2.29. The summed E-state index contributed by atoms with van der Waals surface area (Å²) in [5, 5.41) is 0. The highest BCUT2D eigenvalue weighted by Gasteiger charge is 2.25. The number of primary amides is 1. The van der Waals surface area contributed by atoms with Crippen molar-refractivity contribution in [2.75, 3.05) is 18.0 Å². The molecule has 98 valence electrons. The van der Waals surface area contributed by atoms with Gasteiger partial charge in [0.1, 0.15) is 0 Å². The molecule has 4 nitrogen and oxygen atoms in total. The molecule has 1 aromatic carbocycles. The summed E-state index contributed by atoms with van der Waals surface area (Å²) in [5.41, 5.74) is 13.0. The number of hydrogen-bond acceptors (Lipinski definition) is 3. The van der Waals surface area contributed by atoms with Crippen LogP contribution in [0.2, 0.25) is 0 Å². The summed E-state index contributed by atoms with van der Waals surface area (Å²) in [7, 11) is 0. The van der Waals surface area contributed by atoms with E-state index in [1.165, 1.54) is 0 Å². The number of anilines is 1. The summed E-state index contributed by atoms with van der Waals surface area (Å²) in [6.45, 7) is 3.83. The highest BCUT2D eigenvalue weighted by molar-refractivity contribution is 9.10. The van der Waals surface area contributed by atoms with E-state index in [0.717, 1.165) is 29.7 Å². The molecule has 1 fully saturated rings. The number of nitrogens with zero attached hydrogens (tertiary/aromatic N) is 1. The number of rotatable bonds is 2. The van der Waals surface area contributed by atoms with Crippen LogP contribution in [-0.4, -0.2) is 25.0 Å².